The van der Waals surface area contributed by atoms with E-state index in [1.54, 1.807) is 13.8 Å². The highest BCUT2D eigenvalue weighted by Gasteiger charge is 2.31. The highest BCUT2D eigenvalue weighted by atomic mass is 16.5. The van der Waals surface area contributed by atoms with Crippen LogP contribution in [0.1, 0.15) is 26.7 Å². The van der Waals surface area contributed by atoms with Gasteiger partial charge in [-0.3, -0.25) is 4.79 Å². The minimum absolute atomic E-state index is 0.00463. The van der Waals surface area contributed by atoms with Gasteiger partial charge in [0.1, 0.15) is 0 Å². The van der Waals surface area contributed by atoms with Crippen LogP contribution in [0.25, 0.3) is 0 Å². The van der Waals surface area contributed by atoms with E-state index in [4.69, 9.17) is 4.74 Å². The van der Waals surface area contributed by atoms with Crippen molar-refractivity contribution in [3.8, 4) is 0 Å². The molecule has 4 heteroatoms. The van der Waals surface area contributed by atoms with Crippen LogP contribution in [0, 0.1) is 5.92 Å². The second-order valence-electron chi connectivity index (χ2n) is 4.86. The van der Waals surface area contributed by atoms with Gasteiger partial charge in [-0.15, -0.1) is 0 Å². The predicted molar refractivity (Wildman–Crippen MR) is 62.2 cm³/mol. The van der Waals surface area contributed by atoms with Gasteiger partial charge in [0, 0.05) is 13.1 Å². The van der Waals surface area contributed by atoms with Gasteiger partial charge in [-0.1, -0.05) is 13.8 Å². The molecule has 2 saturated heterocycles. The Bertz CT molecular complexity index is 218. The minimum Gasteiger partial charge on any atom is -0.469 e. The molecular weight excluding hydrogens is 206 g/mol. The van der Waals surface area contributed by atoms with Crippen LogP contribution < -0.4 is 0 Å². The number of likely N-dealkylation sites (N-methyl/N-ethyl adjacent to an activating group) is 1. The molecule has 94 valence electrons. The Balaban J connectivity index is 0.000000168. The Hall–Kier alpha value is -0.610. The molecule has 0 radical (unpaired) electrons. The van der Waals surface area contributed by atoms with Gasteiger partial charge in [0.2, 0.25) is 0 Å². The van der Waals surface area contributed by atoms with E-state index >= 15 is 0 Å². The molecule has 2 rings (SSSR count). The summed E-state index contributed by atoms with van der Waals surface area (Å²) in [5.74, 6) is -0.148. The van der Waals surface area contributed by atoms with Crippen LogP contribution in [0.5, 0.6) is 0 Å². The van der Waals surface area contributed by atoms with Crippen molar-refractivity contribution in [1.82, 2.24) is 4.90 Å². The third-order valence-electron chi connectivity index (χ3n) is 2.90. The van der Waals surface area contributed by atoms with Crippen molar-refractivity contribution in [1.29, 1.82) is 0 Å². The zero-order valence-electron chi connectivity index (χ0n) is 10.7. The molecule has 2 heterocycles. The van der Waals surface area contributed by atoms with E-state index in [2.05, 4.69) is 16.7 Å². The van der Waals surface area contributed by atoms with Crippen molar-refractivity contribution in [2.45, 2.75) is 38.9 Å². The van der Waals surface area contributed by atoms with E-state index in [0.717, 1.165) is 13.1 Å². The number of morpholine rings is 1. The molecule has 4 nitrogen and oxygen atoms in total. The van der Waals surface area contributed by atoms with Gasteiger partial charge in [0.15, 0.2) is 0 Å². The zero-order chi connectivity index (χ0) is 12.1. The van der Waals surface area contributed by atoms with E-state index in [-0.39, 0.29) is 11.9 Å². The number of ether oxygens (including phenoxy) is 2. The maximum atomic E-state index is 10.3. The first-order valence-electron chi connectivity index (χ1n) is 5.94. The topological polar surface area (TPSA) is 38.8 Å². The number of hydrogen-bond acceptors (Lipinski definition) is 4. The van der Waals surface area contributed by atoms with Gasteiger partial charge in [0.25, 0.3) is 0 Å². The Morgan fingerprint density at radius 2 is 1.81 bits per heavy atom. The maximum Gasteiger partial charge on any atom is 0.308 e. The third kappa shape index (κ3) is 4.10. The molecule has 2 fully saturated rings. The summed E-state index contributed by atoms with van der Waals surface area (Å²) >= 11 is 0. The number of fused-ring (bicyclic) bond motifs is 2. The van der Waals surface area contributed by atoms with Gasteiger partial charge in [-0.2, -0.15) is 0 Å². The predicted octanol–water partition coefficient (Wildman–Crippen LogP) is 1.29. The van der Waals surface area contributed by atoms with E-state index in [0.29, 0.717) is 12.2 Å². The van der Waals surface area contributed by atoms with Gasteiger partial charge in [-0.05, 0) is 19.9 Å². The van der Waals surface area contributed by atoms with E-state index in [1.807, 2.05) is 0 Å². The van der Waals surface area contributed by atoms with Crippen LogP contribution in [-0.2, 0) is 14.3 Å². The first kappa shape index (κ1) is 13.5. The number of nitrogens with zero attached hydrogens (tertiary/aromatic N) is 1. The first-order chi connectivity index (χ1) is 7.52. The molecule has 2 unspecified atom stereocenters. The minimum atomic E-state index is -0.153. The highest BCUT2D eigenvalue weighted by molar-refractivity contribution is 5.71. The van der Waals surface area contributed by atoms with Crippen LogP contribution in [0.4, 0.5) is 0 Å². The quantitative estimate of drug-likeness (QED) is 0.635. The molecular formula is C12H23NO3. The summed E-state index contributed by atoms with van der Waals surface area (Å²) in [7, 11) is 3.57. The van der Waals surface area contributed by atoms with Crippen LogP contribution in [0.2, 0.25) is 0 Å². The lowest BCUT2D eigenvalue weighted by Gasteiger charge is -2.28. The fourth-order valence-electron chi connectivity index (χ4n) is 2.05. The van der Waals surface area contributed by atoms with Gasteiger partial charge in [0.05, 0.1) is 25.2 Å². The van der Waals surface area contributed by atoms with Crippen molar-refractivity contribution in [2.24, 2.45) is 5.92 Å². The molecule has 2 atom stereocenters. The van der Waals surface area contributed by atoms with Gasteiger partial charge < -0.3 is 14.4 Å². The SMILES string of the molecule is CN1CC2CCC(C1)O2.COC(=O)C(C)C. The lowest BCUT2D eigenvalue weighted by atomic mass is 10.2. The van der Waals surface area contributed by atoms with E-state index in [9.17, 15) is 4.79 Å². The Labute approximate surface area is 97.9 Å². The number of rotatable bonds is 1. The molecule has 0 saturated carbocycles. The van der Waals surface area contributed by atoms with Gasteiger partial charge >= 0.3 is 5.97 Å². The molecule has 0 aliphatic carbocycles. The molecule has 0 amide bonds. The summed E-state index contributed by atoms with van der Waals surface area (Å²) in [6, 6.07) is 0. The van der Waals surface area contributed by atoms with Crippen molar-refractivity contribution in [3.63, 3.8) is 0 Å². The fourth-order valence-corrected chi connectivity index (χ4v) is 2.05. The summed E-state index contributed by atoms with van der Waals surface area (Å²) in [6.45, 7) is 5.89. The number of methoxy groups -OCH3 is 1. The fraction of sp³-hybridized carbons (Fsp3) is 0.917. The normalized spacial score (nSPS) is 28.6. The summed E-state index contributed by atoms with van der Waals surface area (Å²) in [5.41, 5.74) is 0. The number of hydrogen-bond donors (Lipinski definition) is 0. The average molecular weight is 229 g/mol. The lowest BCUT2D eigenvalue weighted by molar-refractivity contribution is -0.144. The zero-order valence-corrected chi connectivity index (χ0v) is 10.7. The van der Waals surface area contributed by atoms with Crippen molar-refractivity contribution in [2.75, 3.05) is 27.2 Å². The Kier molecular flexibility index (Phi) is 5.22. The maximum absolute atomic E-state index is 10.3. The van der Waals surface area contributed by atoms with Crippen molar-refractivity contribution < 1.29 is 14.3 Å². The second kappa shape index (κ2) is 6.21. The van der Waals surface area contributed by atoms with Crippen LogP contribution in [-0.4, -0.2) is 50.3 Å². The third-order valence-corrected chi connectivity index (χ3v) is 2.90. The molecule has 0 N–H and O–H groups in total. The number of esters is 1. The number of carbonyl (C=O) groups excluding carboxylic acids is 1. The molecule has 2 bridgehead atoms. The highest BCUT2D eigenvalue weighted by Crippen LogP contribution is 2.24. The number of carbonyl (C=O) groups is 1. The molecule has 0 aromatic carbocycles. The van der Waals surface area contributed by atoms with Crippen LogP contribution in [0.3, 0.4) is 0 Å². The van der Waals surface area contributed by atoms with Crippen molar-refractivity contribution in [3.05, 3.63) is 0 Å². The number of likely N-dealkylation sites (tertiary alicyclic amines) is 1. The molecule has 0 spiro atoms. The first-order valence-corrected chi connectivity index (χ1v) is 5.94. The molecule has 0 aromatic heterocycles. The summed E-state index contributed by atoms with van der Waals surface area (Å²) in [4.78, 5) is 12.7. The lowest BCUT2D eigenvalue weighted by Crippen LogP contribution is -2.39. The monoisotopic (exact) mass is 229 g/mol. The smallest absolute Gasteiger partial charge is 0.308 e. The van der Waals surface area contributed by atoms with Gasteiger partial charge in [-0.25, -0.2) is 0 Å². The molecule has 0 aromatic rings. The molecule has 2 aliphatic heterocycles. The summed E-state index contributed by atoms with van der Waals surface area (Å²) in [6.07, 6.45) is 3.70. The second-order valence-corrected chi connectivity index (χ2v) is 4.86. The largest absolute Gasteiger partial charge is 0.469 e. The van der Waals surface area contributed by atoms with Crippen LogP contribution >= 0.6 is 0 Å². The summed E-state index contributed by atoms with van der Waals surface area (Å²) in [5, 5.41) is 0. The molecule has 16 heavy (non-hydrogen) atoms. The van der Waals surface area contributed by atoms with E-state index < -0.39 is 0 Å². The summed E-state index contributed by atoms with van der Waals surface area (Å²) < 4.78 is 10.00. The average Bonchev–Trinajstić information content (AvgIpc) is 2.57. The van der Waals surface area contributed by atoms with Crippen LogP contribution in [0.15, 0.2) is 0 Å². The molecule has 2 aliphatic rings. The Morgan fingerprint density at radius 1 is 1.31 bits per heavy atom. The standard InChI is InChI=1S/C7H13NO.C5H10O2/c1-8-4-6-2-3-7(5-8)9-6;1-4(2)5(6)7-3/h6-7H,2-5H2,1H3;4H,1-3H3. The van der Waals surface area contributed by atoms with Crippen molar-refractivity contribution >= 4 is 5.97 Å². The van der Waals surface area contributed by atoms with E-state index in [1.165, 1.54) is 20.0 Å². The Morgan fingerprint density at radius 3 is 2.12 bits per heavy atom.